The van der Waals surface area contributed by atoms with Crippen LogP contribution in [0.3, 0.4) is 0 Å². The monoisotopic (exact) mass is 277 g/mol. The molecule has 0 aromatic heterocycles. The highest BCUT2D eigenvalue weighted by Gasteiger charge is 2.34. The van der Waals surface area contributed by atoms with Crippen molar-refractivity contribution in [3.63, 3.8) is 0 Å². The number of aliphatic hydroxyl groups excluding tert-OH is 1. The molecule has 3 heteroatoms. The minimum Gasteiger partial charge on any atom is -0.389 e. The predicted molar refractivity (Wildman–Crippen MR) is 79.4 cm³/mol. The first kappa shape index (κ1) is 13.9. The number of benzene rings is 1. The number of hydrogen-bond acceptors (Lipinski definition) is 2. The second kappa shape index (κ2) is 5.72. The number of anilines is 1. The van der Waals surface area contributed by atoms with Gasteiger partial charge in [0.1, 0.15) is 5.82 Å². The number of nitrogens with zero attached hydrogens (tertiary/aromatic N) is 1. The normalized spacial score (nSPS) is 28.1. The first-order chi connectivity index (χ1) is 9.68. The van der Waals surface area contributed by atoms with Crippen LogP contribution in [0.15, 0.2) is 18.2 Å². The van der Waals surface area contributed by atoms with Crippen molar-refractivity contribution in [2.24, 2.45) is 5.92 Å². The zero-order valence-electron chi connectivity index (χ0n) is 12.2. The summed E-state index contributed by atoms with van der Waals surface area (Å²) in [5, 5.41) is 9.95. The predicted octanol–water partition coefficient (Wildman–Crippen LogP) is 4.04. The lowest BCUT2D eigenvalue weighted by molar-refractivity contribution is 0.192. The average molecular weight is 277 g/mol. The fraction of sp³-hybridized carbons (Fsp3) is 0.647. The molecule has 2 nitrogen and oxygen atoms in total. The molecule has 3 rings (SSSR count). The van der Waals surface area contributed by atoms with E-state index in [2.05, 4.69) is 4.90 Å². The molecular formula is C17H24FNO. The third-order valence-corrected chi connectivity index (χ3v) is 5.00. The highest BCUT2D eigenvalue weighted by Crippen LogP contribution is 2.40. The first-order valence-corrected chi connectivity index (χ1v) is 7.91. The van der Waals surface area contributed by atoms with Crippen LogP contribution in [0, 0.1) is 11.7 Å². The summed E-state index contributed by atoms with van der Waals surface area (Å²) in [6.07, 6.45) is 6.85. The molecule has 1 aromatic carbocycles. The lowest BCUT2D eigenvalue weighted by Gasteiger charge is -2.46. The van der Waals surface area contributed by atoms with E-state index in [1.807, 2.05) is 6.07 Å². The van der Waals surface area contributed by atoms with Gasteiger partial charge >= 0.3 is 0 Å². The maximum atomic E-state index is 14.1. The number of rotatable bonds is 2. The van der Waals surface area contributed by atoms with Gasteiger partial charge in [0.15, 0.2) is 0 Å². The Hall–Kier alpha value is -1.09. The lowest BCUT2D eigenvalue weighted by atomic mass is 9.78. The summed E-state index contributed by atoms with van der Waals surface area (Å²) in [6, 6.07) is 5.73. The highest BCUT2D eigenvalue weighted by molar-refractivity contribution is 5.56. The van der Waals surface area contributed by atoms with Crippen LogP contribution in [0.2, 0.25) is 0 Å². The summed E-state index contributed by atoms with van der Waals surface area (Å²) >= 11 is 0. The summed E-state index contributed by atoms with van der Waals surface area (Å²) in [5.41, 5.74) is 1.38. The second-order valence-electron chi connectivity index (χ2n) is 6.30. The van der Waals surface area contributed by atoms with E-state index in [4.69, 9.17) is 0 Å². The zero-order chi connectivity index (χ0) is 14.1. The van der Waals surface area contributed by atoms with E-state index in [-0.39, 0.29) is 5.82 Å². The molecule has 1 aliphatic carbocycles. The molecule has 20 heavy (non-hydrogen) atoms. The maximum Gasteiger partial charge on any atom is 0.131 e. The van der Waals surface area contributed by atoms with Crippen LogP contribution < -0.4 is 4.90 Å². The molecule has 1 saturated carbocycles. The van der Waals surface area contributed by atoms with Crippen LogP contribution >= 0.6 is 0 Å². The number of piperidine rings is 1. The van der Waals surface area contributed by atoms with Crippen molar-refractivity contribution in [3.8, 4) is 0 Å². The Kier molecular flexibility index (Phi) is 3.97. The van der Waals surface area contributed by atoms with E-state index in [9.17, 15) is 9.50 Å². The fourth-order valence-electron chi connectivity index (χ4n) is 4.11. The van der Waals surface area contributed by atoms with Crippen molar-refractivity contribution in [1.29, 1.82) is 0 Å². The number of halogens is 1. The van der Waals surface area contributed by atoms with Crippen LogP contribution in [0.4, 0.5) is 10.1 Å². The van der Waals surface area contributed by atoms with Crippen molar-refractivity contribution >= 4 is 5.69 Å². The molecule has 3 atom stereocenters. The SMILES string of the molecule is C[C@H](O)c1c(F)cccc1N1CCCC2CCCCC21. The Bertz CT molecular complexity index is 472. The molecular weight excluding hydrogens is 253 g/mol. The van der Waals surface area contributed by atoms with E-state index < -0.39 is 6.10 Å². The Balaban J connectivity index is 1.97. The van der Waals surface area contributed by atoms with Crippen molar-refractivity contribution < 1.29 is 9.50 Å². The van der Waals surface area contributed by atoms with E-state index >= 15 is 0 Å². The van der Waals surface area contributed by atoms with Gasteiger partial charge in [-0.1, -0.05) is 18.9 Å². The fourth-order valence-corrected chi connectivity index (χ4v) is 4.11. The number of hydrogen-bond donors (Lipinski definition) is 1. The van der Waals surface area contributed by atoms with Gasteiger partial charge in [-0.05, 0) is 50.7 Å². The molecule has 1 N–H and O–H groups in total. The Labute approximate surface area is 120 Å². The van der Waals surface area contributed by atoms with Gasteiger partial charge in [0.25, 0.3) is 0 Å². The zero-order valence-corrected chi connectivity index (χ0v) is 12.2. The van der Waals surface area contributed by atoms with Gasteiger partial charge in [0.05, 0.1) is 6.10 Å². The smallest absolute Gasteiger partial charge is 0.131 e. The Morgan fingerprint density at radius 2 is 1.95 bits per heavy atom. The summed E-state index contributed by atoms with van der Waals surface area (Å²) in [7, 11) is 0. The quantitative estimate of drug-likeness (QED) is 0.882. The summed E-state index contributed by atoms with van der Waals surface area (Å²) in [5.74, 6) is 0.470. The Morgan fingerprint density at radius 3 is 2.75 bits per heavy atom. The molecule has 1 aliphatic heterocycles. The molecule has 2 unspecified atom stereocenters. The summed E-state index contributed by atoms with van der Waals surface area (Å²) in [4.78, 5) is 2.37. The topological polar surface area (TPSA) is 23.5 Å². The highest BCUT2D eigenvalue weighted by atomic mass is 19.1. The van der Waals surface area contributed by atoms with Crippen LogP contribution in [0.5, 0.6) is 0 Å². The van der Waals surface area contributed by atoms with Crippen molar-refractivity contribution in [1.82, 2.24) is 0 Å². The van der Waals surface area contributed by atoms with Crippen LogP contribution in [0.25, 0.3) is 0 Å². The molecule has 0 amide bonds. The summed E-state index contributed by atoms with van der Waals surface area (Å²) < 4.78 is 14.1. The minimum atomic E-state index is -0.754. The molecule has 1 heterocycles. The van der Waals surface area contributed by atoms with Crippen molar-refractivity contribution in [2.75, 3.05) is 11.4 Å². The van der Waals surface area contributed by atoms with Crippen molar-refractivity contribution in [3.05, 3.63) is 29.6 Å². The van der Waals surface area contributed by atoms with E-state index in [1.54, 1.807) is 13.0 Å². The van der Waals surface area contributed by atoms with Gasteiger partial charge in [-0.2, -0.15) is 0 Å². The van der Waals surface area contributed by atoms with Gasteiger partial charge in [-0.15, -0.1) is 0 Å². The van der Waals surface area contributed by atoms with Crippen LogP contribution in [-0.4, -0.2) is 17.7 Å². The molecule has 0 bridgehead atoms. The molecule has 1 saturated heterocycles. The van der Waals surface area contributed by atoms with E-state index in [0.717, 1.165) is 18.2 Å². The standard InChI is InChI=1S/C17H24FNO/c1-12(20)17-14(18)8-4-10-16(17)19-11-5-7-13-6-2-3-9-15(13)19/h4,8,10,12-13,15,20H,2-3,5-7,9,11H2,1H3/t12-,13?,15?/m0/s1. The Morgan fingerprint density at radius 1 is 1.20 bits per heavy atom. The van der Waals surface area contributed by atoms with Crippen LogP contribution in [0.1, 0.15) is 57.1 Å². The van der Waals surface area contributed by atoms with E-state index in [0.29, 0.717) is 11.6 Å². The summed E-state index contributed by atoms with van der Waals surface area (Å²) in [6.45, 7) is 2.65. The molecule has 110 valence electrons. The third-order valence-electron chi connectivity index (χ3n) is 5.00. The number of aliphatic hydroxyl groups is 1. The van der Waals surface area contributed by atoms with Gasteiger partial charge < -0.3 is 10.0 Å². The molecule has 0 radical (unpaired) electrons. The minimum absolute atomic E-state index is 0.282. The third kappa shape index (κ3) is 2.44. The van der Waals surface area contributed by atoms with Crippen LogP contribution in [-0.2, 0) is 0 Å². The van der Waals surface area contributed by atoms with Gasteiger partial charge in [0, 0.05) is 23.8 Å². The largest absolute Gasteiger partial charge is 0.389 e. The van der Waals surface area contributed by atoms with Crippen molar-refractivity contribution in [2.45, 2.75) is 57.6 Å². The molecule has 2 fully saturated rings. The van der Waals surface area contributed by atoms with Gasteiger partial charge in [0.2, 0.25) is 0 Å². The lowest BCUT2D eigenvalue weighted by Crippen LogP contribution is -2.47. The first-order valence-electron chi connectivity index (χ1n) is 7.91. The average Bonchev–Trinajstić information content (AvgIpc) is 2.46. The molecule has 1 aromatic rings. The van der Waals surface area contributed by atoms with Gasteiger partial charge in [-0.25, -0.2) is 4.39 Å². The van der Waals surface area contributed by atoms with E-state index in [1.165, 1.54) is 44.6 Å². The second-order valence-corrected chi connectivity index (χ2v) is 6.30. The molecule has 0 spiro atoms. The number of fused-ring (bicyclic) bond motifs is 1. The maximum absolute atomic E-state index is 14.1. The van der Waals surface area contributed by atoms with Gasteiger partial charge in [-0.3, -0.25) is 0 Å². The molecule has 2 aliphatic rings.